The number of ether oxygens (including phenoxy) is 1. The van der Waals surface area contributed by atoms with Crippen molar-refractivity contribution < 1.29 is 29.6 Å². The molecule has 4 aliphatic rings. The summed E-state index contributed by atoms with van der Waals surface area (Å²) in [5.41, 5.74) is 0.594. The number of rotatable bonds is 1. The minimum absolute atomic E-state index is 0.105. The number of aliphatic hydroxyl groups excluding tert-OH is 1. The van der Waals surface area contributed by atoms with E-state index in [0.29, 0.717) is 49.1 Å². The molecule has 0 radical (unpaired) electrons. The summed E-state index contributed by atoms with van der Waals surface area (Å²) in [6, 6.07) is 11.1. The molecule has 1 amide bonds. The van der Waals surface area contributed by atoms with Crippen molar-refractivity contribution in [2.75, 3.05) is 38.2 Å². The van der Waals surface area contributed by atoms with Crippen LogP contribution < -0.4 is 9.64 Å². The Bertz CT molecular complexity index is 1410. The van der Waals surface area contributed by atoms with E-state index in [1.165, 1.54) is 16.0 Å². The van der Waals surface area contributed by atoms with E-state index in [9.17, 15) is 24.9 Å². The van der Waals surface area contributed by atoms with Crippen molar-refractivity contribution in [2.45, 2.75) is 62.1 Å². The van der Waals surface area contributed by atoms with Gasteiger partial charge in [-0.15, -0.1) is 0 Å². The fourth-order valence-corrected chi connectivity index (χ4v) is 7.55. The predicted molar refractivity (Wildman–Crippen MR) is 160 cm³/mol. The Labute approximate surface area is 251 Å². The van der Waals surface area contributed by atoms with E-state index in [1.54, 1.807) is 25.2 Å². The van der Waals surface area contributed by atoms with Crippen LogP contribution in [0.2, 0.25) is 5.02 Å². The van der Waals surface area contributed by atoms with Crippen LogP contribution in [0.3, 0.4) is 0 Å². The second-order valence-electron chi connectivity index (χ2n) is 12.7. The van der Waals surface area contributed by atoms with Gasteiger partial charge in [0.15, 0.2) is 5.60 Å². The maximum Gasteiger partial charge on any atom is 0.340 e. The van der Waals surface area contributed by atoms with Crippen LogP contribution in [0.15, 0.2) is 48.6 Å². The molecule has 2 heterocycles. The van der Waals surface area contributed by atoms with Crippen LogP contribution in [0.25, 0.3) is 0 Å². The number of benzene rings is 2. The van der Waals surface area contributed by atoms with Gasteiger partial charge < -0.3 is 29.9 Å². The number of hydrogen-bond donors (Lipinski definition) is 3. The molecule has 2 aromatic carbocycles. The molecule has 6 rings (SSSR count). The molecule has 0 saturated heterocycles. The van der Waals surface area contributed by atoms with Crippen LogP contribution in [0.1, 0.15) is 55.2 Å². The summed E-state index contributed by atoms with van der Waals surface area (Å²) in [4.78, 5) is 29.3. The van der Waals surface area contributed by atoms with Crippen LogP contribution >= 0.6 is 11.6 Å². The van der Waals surface area contributed by atoms with E-state index in [0.717, 1.165) is 32.1 Å². The van der Waals surface area contributed by atoms with Gasteiger partial charge in [-0.25, -0.2) is 4.79 Å². The minimum atomic E-state index is -2.40. The third-order valence-corrected chi connectivity index (χ3v) is 10.3. The average Bonchev–Trinajstić information content (AvgIpc) is 3.09. The van der Waals surface area contributed by atoms with Crippen LogP contribution in [0, 0.1) is 11.8 Å². The summed E-state index contributed by atoms with van der Waals surface area (Å²) in [6.07, 6.45) is 7.86. The summed E-state index contributed by atoms with van der Waals surface area (Å²) in [5, 5.41) is 33.5. The lowest BCUT2D eigenvalue weighted by Gasteiger charge is -2.45. The molecule has 42 heavy (non-hydrogen) atoms. The molecule has 2 bridgehead atoms. The number of carbonyl (C=O) groups is 2. The van der Waals surface area contributed by atoms with Gasteiger partial charge in [-0.2, -0.15) is 0 Å². The molecule has 0 aromatic heterocycles. The summed E-state index contributed by atoms with van der Waals surface area (Å²) >= 11 is 6.38. The molecule has 1 fully saturated rings. The van der Waals surface area contributed by atoms with E-state index in [4.69, 9.17) is 16.3 Å². The fraction of sp³-hybridized carbons (Fsp3) is 0.515. The molecule has 224 valence electrons. The Kier molecular flexibility index (Phi) is 7.75. The zero-order valence-electron chi connectivity index (χ0n) is 24.0. The minimum Gasteiger partial charge on any atom is -0.490 e. The molecule has 2 aliphatic heterocycles. The standard InChI is InChI=1S/C33H39ClN2O6/c1-35-14-3-2-6-28(37)25-10-7-22(25)18-36-19-32(13-4-5-21-15-24(34)9-11-26(21)32)20-42-29-12-8-23(16-27(29)36)33(41,31(39)40)17-30(35)38/h2,6,8-9,11-12,15-16,22,25,28,37,41H,3-5,7,10,13-14,17-20H2,1H3,(H,39,40)/b6-2-/t22-,25+,28-,32-,33+/m0/s1. The maximum atomic E-state index is 13.1. The first-order valence-electron chi connectivity index (χ1n) is 15.0. The lowest BCUT2D eigenvalue weighted by molar-refractivity contribution is -0.164. The first kappa shape index (κ1) is 29.0. The summed E-state index contributed by atoms with van der Waals surface area (Å²) in [7, 11) is 1.60. The molecule has 3 N–H and O–H groups in total. The number of hydrogen-bond acceptors (Lipinski definition) is 6. The number of fused-ring (bicyclic) bond motifs is 4. The van der Waals surface area contributed by atoms with E-state index in [-0.39, 0.29) is 22.8 Å². The molecule has 1 saturated carbocycles. The second kappa shape index (κ2) is 11.2. The van der Waals surface area contributed by atoms with Gasteiger partial charge in [-0.05, 0) is 91.3 Å². The fourth-order valence-electron chi connectivity index (χ4n) is 7.35. The summed E-state index contributed by atoms with van der Waals surface area (Å²) in [6.45, 7) is 2.11. The predicted octanol–water partition coefficient (Wildman–Crippen LogP) is 4.28. The maximum absolute atomic E-state index is 13.1. The number of amides is 1. The zero-order valence-corrected chi connectivity index (χ0v) is 24.7. The Balaban J connectivity index is 1.46. The Morgan fingerprint density at radius 3 is 2.76 bits per heavy atom. The molecule has 8 nitrogen and oxygen atoms in total. The topological polar surface area (TPSA) is 111 Å². The van der Waals surface area contributed by atoms with Gasteiger partial charge in [0.2, 0.25) is 5.91 Å². The van der Waals surface area contributed by atoms with Crippen molar-refractivity contribution in [1.82, 2.24) is 4.90 Å². The number of aliphatic carboxylic acids is 1. The molecule has 0 unspecified atom stereocenters. The Hall–Kier alpha value is -3.07. The molecular weight excluding hydrogens is 556 g/mol. The lowest BCUT2D eigenvalue weighted by atomic mass is 9.68. The SMILES string of the molecule is CN1CC/C=C\[C@H](O)[C@@H]2CC[C@H]2CN2C[C@@]3(CCCc4cc(Cl)ccc43)COc3ccc(cc32)[C@@](O)(C(=O)O)CC1=O. The van der Waals surface area contributed by atoms with Crippen molar-refractivity contribution >= 4 is 29.2 Å². The van der Waals surface area contributed by atoms with E-state index < -0.39 is 30.0 Å². The van der Waals surface area contributed by atoms with Gasteiger partial charge in [0.25, 0.3) is 0 Å². The van der Waals surface area contributed by atoms with Crippen LogP contribution in [0.5, 0.6) is 5.75 Å². The number of halogens is 1. The van der Waals surface area contributed by atoms with E-state index >= 15 is 0 Å². The van der Waals surface area contributed by atoms with Crippen molar-refractivity contribution in [3.63, 3.8) is 0 Å². The molecule has 5 atom stereocenters. The molecule has 2 aromatic rings. The van der Waals surface area contributed by atoms with E-state index in [1.807, 2.05) is 24.3 Å². The highest BCUT2D eigenvalue weighted by Gasteiger charge is 2.46. The number of carboxylic acids is 1. The van der Waals surface area contributed by atoms with Gasteiger partial charge in [-0.1, -0.05) is 35.9 Å². The zero-order chi connectivity index (χ0) is 29.6. The number of carbonyl (C=O) groups excluding carboxylic acids is 1. The summed E-state index contributed by atoms with van der Waals surface area (Å²) in [5.74, 6) is -0.985. The normalized spacial score (nSPS) is 32.2. The van der Waals surface area contributed by atoms with Gasteiger partial charge in [0.05, 0.1) is 24.8 Å². The summed E-state index contributed by atoms with van der Waals surface area (Å²) < 4.78 is 6.52. The number of aliphatic hydroxyl groups is 2. The van der Waals surface area contributed by atoms with Crippen LogP contribution in [-0.2, 0) is 27.0 Å². The number of aryl methyl sites for hydroxylation is 1. The van der Waals surface area contributed by atoms with Crippen LogP contribution in [0.4, 0.5) is 5.69 Å². The molecule has 9 heteroatoms. The van der Waals surface area contributed by atoms with E-state index in [2.05, 4.69) is 11.0 Å². The quantitative estimate of drug-likeness (QED) is 0.423. The highest BCUT2D eigenvalue weighted by molar-refractivity contribution is 6.30. The van der Waals surface area contributed by atoms with Gasteiger partial charge in [0, 0.05) is 37.1 Å². The highest BCUT2D eigenvalue weighted by Crippen LogP contribution is 2.47. The monoisotopic (exact) mass is 594 g/mol. The van der Waals surface area contributed by atoms with Gasteiger partial charge in [-0.3, -0.25) is 4.79 Å². The largest absolute Gasteiger partial charge is 0.490 e. The second-order valence-corrected chi connectivity index (χ2v) is 13.1. The Morgan fingerprint density at radius 2 is 2.00 bits per heavy atom. The first-order chi connectivity index (χ1) is 20.1. The highest BCUT2D eigenvalue weighted by atomic mass is 35.5. The molecule has 2 aliphatic carbocycles. The van der Waals surface area contributed by atoms with Crippen molar-refractivity contribution in [1.29, 1.82) is 0 Å². The third-order valence-electron chi connectivity index (χ3n) is 10.0. The first-order valence-corrected chi connectivity index (χ1v) is 15.3. The average molecular weight is 595 g/mol. The van der Waals surface area contributed by atoms with Gasteiger partial charge in [0.1, 0.15) is 5.75 Å². The number of carboxylic acid groups (broad SMARTS) is 1. The molecule has 1 spiro atoms. The van der Waals surface area contributed by atoms with Crippen molar-refractivity contribution in [2.24, 2.45) is 11.8 Å². The molecular formula is C33H39ClN2O6. The van der Waals surface area contributed by atoms with Crippen LogP contribution in [-0.4, -0.2) is 71.5 Å². The Morgan fingerprint density at radius 1 is 1.17 bits per heavy atom. The van der Waals surface area contributed by atoms with Crippen molar-refractivity contribution in [3.8, 4) is 5.75 Å². The van der Waals surface area contributed by atoms with Gasteiger partial charge >= 0.3 is 5.97 Å². The lowest BCUT2D eigenvalue weighted by Crippen LogP contribution is -2.49. The third kappa shape index (κ3) is 5.18. The number of anilines is 1. The number of nitrogens with zero attached hydrogens (tertiary/aromatic N) is 2. The smallest absolute Gasteiger partial charge is 0.340 e. The van der Waals surface area contributed by atoms with Crippen molar-refractivity contribution in [3.05, 3.63) is 70.3 Å².